The van der Waals surface area contributed by atoms with Gasteiger partial charge in [-0.25, -0.2) is 4.98 Å². The molecule has 90 valence electrons. The molecule has 1 atom stereocenters. The number of nitrogens with zero attached hydrogens (tertiary/aromatic N) is 2. The van der Waals surface area contributed by atoms with E-state index in [0.717, 1.165) is 16.5 Å². The SMILES string of the molecule is CO[C@H](C)c1nc(CSc2ccncc2)cs1. The topological polar surface area (TPSA) is 35.0 Å². The molecule has 3 nitrogen and oxygen atoms in total. The molecule has 0 spiro atoms. The predicted molar refractivity (Wildman–Crippen MR) is 71.3 cm³/mol. The number of thioether (sulfide) groups is 1. The first-order valence-electron chi connectivity index (χ1n) is 5.29. The second-order valence-corrected chi connectivity index (χ2v) is 5.47. The van der Waals surface area contributed by atoms with Crippen LogP contribution in [0.1, 0.15) is 23.7 Å². The number of thiazole rings is 1. The van der Waals surface area contributed by atoms with E-state index in [1.165, 1.54) is 4.90 Å². The molecule has 2 aromatic rings. The summed E-state index contributed by atoms with van der Waals surface area (Å²) in [7, 11) is 1.71. The number of pyridine rings is 1. The summed E-state index contributed by atoms with van der Waals surface area (Å²) in [5, 5.41) is 3.14. The molecule has 0 saturated heterocycles. The molecule has 0 unspecified atom stereocenters. The number of rotatable bonds is 5. The lowest BCUT2D eigenvalue weighted by Crippen LogP contribution is -1.94. The fourth-order valence-corrected chi connectivity index (χ4v) is 3.00. The molecule has 0 saturated carbocycles. The maximum Gasteiger partial charge on any atom is 0.122 e. The number of ether oxygens (including phenoxy) is 1. The Morgan fingerprint density at radius 1 is 1.41 bits per heavy atom. The summed E-state index contributed by atoms with van der Waals surface area (Å²) >= 11 is 3.43. The first-order valence-corrected chi connectivity index (χ1v) is 7.16. The summed E-state index contributed by atoms with van der Waals surface area (Å²) in [4.78, 5) is 9.77. The number of methoxy groups -OCH3 is 1. The Morgan fingerprint density at radius 3 is 2.88 bits per heavy atom. The van der Waals surface area contributed by atoms with Crippen LogP contribution in [0.4, 0.5) is 0 Å². The van der Waals surface area contributed by atoms with Crippen LogP contribution in [0.5, 0.6) is 0 Å². The van der Waals surface area contributed by atoms with Crippen molar-refractivity contribution in [1.29, 1.82) is 0 Å². The van der Waals surface area contributed by atoms with Crippen LogP contribution in [0.25, 0.3) is 0 Å². The normalized spacial score (nSPS) is 12.6. The highest BCUT2D eigenvalue weighted by Gasteiger charge is 2.09. The van der Waals surface area contributed by atoms with Crippen molar-refractivity contribution >= 4 is 23.1 Å². The first-order chi connectivity index (χ1) is 8.29. The van der Waals surface area contributed by atoms with Gasteiger partial charge in [0.2, 0.25) is 0 Å². The van der Waals surface area contributed by atoms with Crippen LogP contribution in [-0.2, 0) is 10.5 Å². The van der Waals surface area contributed by atoms with E-state index in [9.17, 15) is 0 Å². The first kappa shape index (κ1) is 12.5. The Labute approximate surface area is 109 Å². The zero-order chi connectivity index (χ0) is 12.1. The van der Waals surface area contributed by atoms with Crippen molar-refractivity contribution in [3.8, 4) is 0 Å². The highest BCUT2D eigenvalue weighted by atomic mass is 32.2. The third-order valence-corrected chi connectivity index (χ3v) is 4.41. The minimum absolute atomic E-state index is 0.0830. The fourth-order valence-electron chi connectivity index (χ4n) is 1.27. The minimum atomic E-state index is 0.0830. The maximum atomic E-state index is 5.25. The molecule has 0 bridgehead atoms. The van der Waals surface area contributed by atoms with Crippen molar-refractivity contribution in [3.05, 3.63) is 40.6 Å². The summed E-state index contributed by atoms with van der Waals surface area (Å²) in [6.07, 6.45) is 3.70. The van der Waals surface area contributed by atoms with Gasteiger partial charge in [-0.2, -0.15) is 0 Å². The van der Waals surface area contributed by atoms with Gasteiger partial charge >= 0.3 is 0 Å². The van der Waals surface area contributed by atoms with Gasteiger partial charge < -0.3 is 4.74 Å². The second-order valence-electron chi connectivity index (χ2n) is 3.53. The van der Waals surface area contributed by atoms with Crippen LogP contribution in [0.15, 0.2) is 34.8 Å². The average molecular weight is 266 g/mol. The second kappa shape index (κ2) is 6.14. The van der Waals surface area contributed by atoms with Crippen LogP contribution in [0.2, 0.25) is 0 Å². The summed E-state index contributed by atoms with van der Waals surface area (Å²) in [5.41, 5.74) is 1.11. The Balaban J connectivity index is 1.94. The van der Waals surface area contributed by atoms with Crippen molar-refractivity contribution in [3.63, 3.8) is 0 Å². The van der Waals surface area contributed by atoms with Crippen LogP contribution in [-0.4, -0.2) is 17.1 Å². The quantitative estimate of drug-likeness (QED) is 0.775. The molecule has 0 aliphatic rings. The third kappa shape index (κ3) is 3.52. The molecule has 5 heteroatoms. The Bertz CT molecular complexity index is 459. The van der Waals surface area contributed by atoms with E-state index in [1.54, 1.807) is 30.2 Å². The lowest BCUT2D eigenvalue weighted by Gasteiger charge is -2.03. The molecule has 0 aliphatic heterocycles. The van der Waals surface area contributed by atoms with Crippen LogP contribution >= 0.6 is 23.1 Å². The molecule has 2 aromatic heterocycles. The van der Waals surface area contributed by atoms with E-state index in [4.69, 9.17) is 4.74 Å². The van der Waals surface area contributed by atoms with Gasteiger partial charge in [0.05, 0.1) is 5.69 Å². The van der Waals surface area contributed by atoms with Crippen molar-refractivity contribution < 1.29 is 4.74 Å². The van der Waals surface area contributed by atoms with Gasteiger partial charge in [-0.05, 0) is 19.1 Å². The molecule has 2 heterocycles. The van der Waals surface area contributed by atoms with Crippen LogP contribution in [0, 0.1) is 0 Å². The Hall–Kier alpha value is -0.910. The minimum Gasteiger partial charge on any atom is -0.375 e. The van der Waals surface area contributed by atoms with Crippen LogP contribution < -0.4 is 0 Å². The van der Waals surface area contributed by atoms with E-state index >= 15 is 0 Å². The van der Waals surface area contributed by atoms with Crippen molar-refractivity contribution in [2.24, 2.45) is 0 Å². The highest BCUT2D eigenvalue weighted by molar-refractivity contribution is 7.98. The summed E-state index contributed by atoms with van der Waals surface area (Å²) in [6, 6.07) is 4.02. The standard InChI is InChI=1S/C12H14N2OS2/c1-9(15-2)12-14-10(8-17-12)7-16-11-3-5-13-6-4-11/h3-6,8-9H,7H2,1-2H3/t9-/m1/s1. The van der Waals surface area contributed by atoms with E-state index in [0.29, 0.717) is 0 Å². The van der Waals surface area contributed by atoms with Crippen molar-refractivity contribution in [1.82, 2.24) is 9.97 Å². The lowest BCUT2D eigenvalue weighted by molar-refractivity contribution is 0.119. The van der Waals surface area contributed by atoms with Crippen molar-refractivity contribution in [2.75, 3.05) is 7.11 Å². The van der Waals surface area contributed by atoms with Gasteiger partial charge in [0, 0.05) is 35.5 Å². The molecule has 17 heavy (non-hydrogen) atoms. The third-order valence-electron chi connectivity index (χ3n) is 2.31. The van der Waals surface area contributed by atoms with Gasteiger partial charge in [-0.15, -0.1) is 23.1 Å². The number of hydrogen-bond donors (Lipinski definition) is 0. The number of hydrogen-bond acceptors (Lipinski definition) is 5. The summed E-state index contributed by atoms with van der Waals surface area (Å²) in [5.74, 6) is 0.886. The lowest BCUT2D eigenvalue weighted by atomic mass is 10.4. The molecule has 0 amide bonds. The molecular formula is C12H14N2OS2. The Kier molecular flexibility index (Phi) is 4.53. The van der Waals surface area contributed by atoms with E-state index in [1.807, 2.05) is 31.5 Å². The largest absolute Gasteiger partial charge is 0.375 e. The van der Waals surface area contributed by atoms with Gasteiger partial charge in [0.1, 0.15) is 11.1 Å². The smallest absolute Gasteiger partial charge is 0.122 e. The average Bonchev–Trinajstić information content (AvgIpc) is 2.85. The Morgan fingerprint density at radius 2 is 2.18 bits per heavy atom. The van der Waals surface area contributed by atoms with E-state index < -0.39 is 0 Å². The molecule has 0 aromatic carbocycles. The molecule has 0 fully saturated rings. The molecular weight excluding hydrogens is 252 g/mol. The monoisotopic (exact) mass is 266 g/mol. The summed E-state index contributed by atoms with van der Waals surface area (Å²) in [6.45, 7) is 2.01. The van der Waals surface area contributed by atoms with Crippen molar-refractivity contribution in [2.45, 2.75) is 23.7 Å². The van der Waals surface area contributed by atoms with E-state index in [-0.39, 0.29) is 6.10 Å². The zero-order valence-corrected chi connectivity index (χ0v) is 11.4. The number of aromatic nitrogens is 2. The van der Waals surface area contributed by atoms with Crippen LogP contribution in [0.3, 0.4) is 0 Å². The predicted octanol–water partition coefficient (Wildman–Crippen LogP) is 3.54. The van der Waals surface area contributed by atoms with Gasteiger partial charge in [0.15, 0.2) is 0 Å². The fraction of sp³-hybridized carbons (Fsp3) is 0.333. The van der Waals surface area contributed by atoms with E-state index in [2.05, 4.69) is 15.3 Å². The van der Waals surface area contributed by atoms with Gasteiger partial charge in [-0.3, -0.25) is 4.98 Å². The van der Waals surface area contributed by atoms with Gasteiger partial charge in [-0.1, -0.05) is 0 Å². The molecule has 0 radical (unpaired) electrons. The molecule has 0 N–H and O–H groups in total. The highest BCUT2D eigenvalue weighted by Crippen LogP contribution is 2.25. The van der Waals surface area contributed by atoms with Gasteiger partial charge in [0.25, 0.3) is 0 Å². The molecule has 0 aliphatic carbocycles. The molecule has 2 rings (SSSR count). The maximum absolute atomic E-state index is 5.25. The summed E-state index contributed by atoms with van der Waals surface area (Å²) < 4.78 is 5.25. The zero-order valence-electron chi connectivity index (χ0n) is 9.79.